The van der Waals surface area contributed by atoms with Gasteiger partial charge in [-0.15, -0.1) is 11.3 Å². The first kappa shape index (κ1) is 14.9. The Morgan fingerprint density at radius 3 is 2.58 bits per heavy atom. The smallest absolute Gasteiger partial charge is 0.0950 e. The highest BCUT2D eigenvalue weighted by Gasteiger charge is 2.24. The van der Waals surface area contributed by atoms with E-state index in [1.165, 1.54) is 0 Å². The van der Waals surface area contributed by atoms with E-state index in [2.05, 4.69) is 16.8 Å². The van der Waals surface area contributed by atoms with Crippen LogP contribution in [0.4, 0.5) is 0 Å². The summed E-state index contributed by atoms with van der Waals surface area (Å²) in [4.78, 5) is 8.12. The number of ether oxygens (including phenoxy) is 1. The number of rotatable bonds is 5. The van der Waals surface area contributed by atoms with Crippen molar-refractivity contribution in [2.45, 2.75) is 39.2 Å². The second-order valence-corrected chi connectivity index (χ2v) is 6.58. The first-order chi connectivity index (χ1) is 9.00. The third-order valence-electron chi connectivity index (χ3n) is 3.38. The molecule has 0 aromatic carbocycles. The number of nitrogens with zero attached hydrogens (tertiary/aromatic N) is 2. The Labute approximate surface area is 119 Å². The minimum absolute atomic E-state index is 0.778. The number of aryl methyl sites for hydroxylation is 1. The summed E-state index contributed by atoms with van der Waals surface area (Å²) in [6, 6.07) is 0. The average Bonchev–Trinajstić information content (AvgIpc) is 2.81. The molecule has 0 atom stereocenters. The summed E-state index contributed by atoms with van der Waals surface area (Å²) in [5.41, 5.74) is 0.273. The highest BCUT2D eigenvalue weighted by Crippen LogP contribution is 2.30. The van der Waals surface area contributed by atoms with Gasteiger partial charge in [-0.3, -0.25) is 4.90 Å². The highest BCUT2D eigenvalue weighted by molar-refractivity contribution is 7.11. The fourth-order valence-corrected chi connectivity index (χ4v) is 3.45. The minimum atomic E-state index is -0.778. The van der Waals surface area contributed by atoms with Crippen LogP contribution in [-0.4, -0.2) is 47.8 Å². The van der Waals surface area contributed by atoms with E-state index in [1.54, 1.807) is 11.3 Å². The normalized spacial score (nSPS) is 17.9. The molecular weight excluding hydrogens is 260 g/mol. The van der Waals surface area contributed by atoms with Crippen LogP contribution in [0.15, 0.2) is 0 Å². The first-order valence-corrected chi connectivity index (χ1v) is 7.84. The van der Waals surface area contributed by atoms with Crippen molar-refractivity contribution in [2.75, 3.05) is 32.8 Å². The van der Waals surface area contributed by atoms with E-state index < -0.39 is 5.60 Å². The van der Waals surface area contributed by atoms with Crippen LogP contribution in [0, 0.1) is 0 Å². The van der Waals surface area contributed by atoms with Gasteiger partial charge in [0, 0.05) is 26.1 Å². The summed E-state index contributed by atoms with van der Waals surface area (Å²) in [5.74, 6) is 0. The molecule has 108 valence electrons. The Morgan fingerprint density at radius 2 is 2.05 bits per heavy atom. The molecule has 0 bridgehead atoms. The van der Waals surface area contributed by atoms with E-state index in [1.807, 2.05) is 13.8 Å². The maximum absolute atomic E-state index is 10.2. The van der Waals surface area contributed by atoms with Gasteiger partial charge in [-0.25, -0.2) is 4.98 Å². The van der Waals surface area contributed by atoms with Gasteiger partial charge in [0.25, 0.3) is 0 Å². The number of aromatic nitrogens is 1. The molecule has 5 heteroatoms. The zero-order valence-electron chi connectivity index (χ0n) is 12.1. The maximum atomic E-state index is 10.2. The van der Waals surface area contributed by atoms with E-state index in [9.17, 15) is 5.11 Å². The van der Waals surface area contributed by atoms with Crippen LogP contribution >= 0.6 is 11.3 Å². The number of thiazole rings is 1. The summed E-state index contributed by atoms with van der Waals surface area (Å²) >= 11 is 1.66. The quantitative estimate of drug-likeness (QED) is 0.895. The monoisotopic (exact) mass is 284 g/mol. The molecule has 1 aliphatic heterocycles. The molecule has 0 aliphatic carbocycles. The van der Waals surface area contributed by atoms with Crippen molar-refractivity contribution in [1.82, 2.24) is 9.88 Å². The van der Waals surface area contributed by atoms with E-state index >= 15 is 0 Å². The predicted octanol–water partition coefficient (Wildman–Crippen LogP) is 1.81. The Kier molecular flexibility index (Phi) is 4.95. The zero-order chi connectivity index (χ0) is 13.9. The minimum Gasteiger partial charge on any atom is -0.385 e. The molecule has 0 saturated carbocycles. The highest BCUT2D eigenvalue weighted by atomic mass is 32.1. The number of morpholine rings is 1. The fourth-order valence-electron chi connectivity index (χ4n) is 2.30. The largest absolute Gasteiger partial charge is 0.385 e. The lowest BCUT2D eigenvalue weighted by atomic mass is 10.1. The van der Waals surface area contributed by atoms with E-state index in [-0.39, 0.29) is 0 Å². The lowest BCUT2D eigenvalue weighted by Crippen LogP contribution is -2.37. The molecule has 0 radical (unpaired) electrons. The van der Waals surface area contributed by atoms with Gasteiger partial charge in [-0.1, -0.05) is 6.92 Å². The molecule has 0 amide bonds. The Bertz CT molecular complexity index is 406. The molecule has 1 aromatic rings. The molecule has 1 aliphatic rings. The van der Waals surface area contributed by atoms with Gasteiger partial charge in [-0.05, 0) is 20.3 Å². The molecule has 2 rings (SSSR count). The molecule has 1 N–H and O–H groups in total. The van der Waals surface area contributed by atoms with Crippen LogP contribution in [0.2, 0.25) is 0 Å². The summed E-state index contributed by atoms with van der Waals surface area (Å²) in [6.07, 6.45) is 1.85. The van der Waals surface area contributed by atoms with Crippen LogP contribution in [0.1, 0.15) is 36.3 Å². The van der Waals surface area contributed by atoms with E-state index in [0.29, 0.717) is 0 Å². The van der Waals surface area contributed by atoms with Gasteiger partial charge in [0.15, 0.2) is 0 Å². The Balaban J connectivity index is 1.98. The third kappa shape index (κ3) is 3.99. The second-order valence-electron chi connectivity index (χ2n) is 5.50. The van der Waals surface area contributed by atoms with Gasteiger partial charge < -0.3 is 9.84 Å². The molecule has 1 aromatic heterocycles. The van der Waals surface area contributed by atoms with Crippen LogP contribution in [0.5, 0.6) is 0 Å². The fraction of sp³-hybridized carbons (Fsp3) is 0.786. The maximum Gasteiger partial charge on any atom is 0.0950 e. The first-order valence-electron chi connectivity index (χ1n) is 7.02. The summed E-state index contributed by atoms with van der Waals surface area (Å²) in [7, 11) is 0. The zero-order valence-corrected chi connectivity index (χ0v) is 12.9. The molecule has 0 unspecified atom stereocenters. The van der Waals surface area contributed by atoms with Gasteiger partial charge in [-0.2, -0.15) is 0 Å². The van der Waals surface area contributed by atoms with Crippen molar-refractivity contribution >= 4 is 11.3 Å². The van der Waals surface area contributed by atoms with Crippen molar-refractivity contribution in [1.29, 1.82) is 0 Å². The Morgan fingerprint density at radius 1 is 1.37 bits per heavy atom. The molecular formula is C14H24N2O2S. The van der Waals surface area contributed by atoms with Gasteiger partial charge >= 0.3 is 0 Å². The van der Waals surface area contributed by atoms with Gasteiger partial charge in [0.05, 0.1) is 34.4 Å². The number of aliphatic hydroxyl groups is 1. The van der Waals surface area contributed by atoms with Crippen molar-refractivity contribution in [3.05, 3.63) is 15.6 Å². The van der Waals surface area contributed by atoms with Crippen molar-refractivity contribution in [3.8, 4) is 0 Å². The number of hydrogen-bond donors (Lipinski definition) is 1. The molecule has 0 spiro atoms. The van der Waals surface area contributed by atoms with Gasteiger partial charge in [0.1, 0.15) is 0 Å². The van der Waals surface area contributed by atoms with Crippen molar-refractivity contribution in [2.24, 2.45) is 0 Å². The molecule has 19 heavy (non-hydrogen) atoms. The number of hydrogen-bond acceptors (Lipinski definition) is 5. The molecule has 2 heterocycles. The Hall–Kier alpha value is -0.490. The second kappa shape index (κ2) is 6.31. The van der Waals surface area contributed by atoms with E-state index in [4.69, 9.17) is 4.74 Å². The standard InChI is InChI=1S/C14H24N2O2S/c1-4-11-13(14(2,3)17)19-12(15-11)5-6-16-7-9-18-10-8-16/h17H,4-10H2,1-3H3. The molecule has 4 nitrogen and oxygen atoms in total. The van der Waals surface area contributed by atoms with Gasteiger partial charge in [0.2, 0.25) is 0 Å². The average molecular weight is 284 g/mol. The van der Waals surface area contributed by atoms with Crippen LogP contribution in [-0.2, 0) is 23.2 Å². The van der Waals surface area contributed by atoms with Crippen molar-refractivity contribution in [3.63, 3.8) is 0 Å². The third-order valence-corrected chi connectivity index (χ3v) is 4.85. The lowest BCUT2D eigenvalue weighted by molar-refractivity contribution is 0.0384. The molecule has 1 saturated heterocycles. The summed E-state index contributed by atoms with van der Waals surface area (Å²) < 4.78 is 5.35. The lowest BCUT2D eigenvalue weighted by Gasteiger charge is -2.26. The van der Waals surface area contributed by atoms with Crippen LogP contribution in [0.25, 0.3) is 0 Å². The van der Waals surface area contributed by atoms with Crippen molar-refractivity contribution < 1.29 is 9.84 Å². The predicted molar refractivity (Wildman–Crippen MR) is 77.7 cm³/mol. The topological polar surface area (TPSA) is 45.6 Å². The van der Waals surface area contributed by atoms with E-state index in [0.717, 1.165) is 61.3 Å². The summed E-state index contributed by atoms with van der Waals surface area (Å²) in [6.45, 7) is 10.5. The summed E-state index contributed by atoms with van der Waals surface area (Å²) in [5, 5.41) is 11.3. The molecule has 1 fully saturated rings. The van der Waals surface area contributed by atoms with Crippen LogP contribution in [0.3, 0.4) is 0 Å². The van der Waals surface area contributed by atoms with Crippen LogP contribution < -0.4 is 0 Å². The SMILES string of the molecule is CCc1nc(CCN2CCOCC2)sc1C(C)(C)O.